The summed E-state index contributed by atoms with van der Waals surface area (Å²) >= 11 is 0. The molecular weight excluding hydrogens is 246 g/mol. The van der Waals surface area contributed by atoms with Crippen molar-refractivity contribution in [2.75, 3.05) is 13.2 Å². The van der Waals surface area contributed by atoms with Crippen LogP contribution in [-0.2, 0) is 19.5 Å². The first-order valence-electron chi connectivity index (χ1n) is 6.71. The minimum Gasteiger partial charge on any atom is -0.464 e. The van der Waals surface area contributed by atoms with Gasteiger partial charge in [0.25, 0.3) is 0 Å². The second-order valence-electron chi connectivity index (χ2n) is 6.13. The van der Waals surface area contributed by atoms with Crippen molar-refractivity contribution in [3.8, 4) is 0 Å². The van der Waals surface area contributed by atoms with E-state index >= 15 is 0 Å². The van der Waals surface area contributed by atoms with Crippen molar-refractivity contribution in [2.45, 2.75) is 58.2 Å². The average molecular weight is 268 g/mol. The number of esters is 1. The molecule has 0 aliphatic carbocycles. The lowest BCUT2D eigenvalue weighted by Crippen LogP contribution is -2.47. The summed E-state index contributed by atoms with van der Waals surface area (Å²) < 4.78 is 10.6. The number of hydroxylamine groups is 2. The number of hydrogen-bond donors (Lipinski definition) is 0. The fraction of sp³-hybridized carbons (Fsp3) is 0.786. The topological polar surface area (TPSA) is 58.7 Å². The maximum atomic E-state index is 12.4. The van der Waals surface area contributed by atoms with Crippen LogP contribution in [0.5, 0.6) is 0 Å². The Kier molecular flexibility index (Phi) is 3.49. The van der Waals surface area contributed by atoms with Gasteiger partial charge in [-0.2, -0.15) is 0 Å². The molecule has 0 saturated carbocycles. The molecule has 1 unspecified atom stereocenters. The molecule has 0 aromatic carbocycles. The van der Waals surface area contributed by atoms with Gasteiger partial charge in [-0.05, 0) is 45.8 Å². The smallest absolute Gasteiger partial charge is 0.335 e. The van der Waals surface area contributed by atoms with E-state index < -0.39 is 17.2 Å². The van der Waals surface area contributed by atoms with Gasteiger partial charge in [-0.3, -0.25) is 0 Å². The molecule has 0 saturated heterocycles. The summed E-state index contributed by atoms with van der Waals surface area (Å²) in [7, 11) is 0. The van der Waals surface area contributed by atoms with E-state index in [-0.39, 0.29) is 5.97 Å². The van der Waals surface area contributed by atoms with Crippen LogP contribution in [0.3, 0.4) is 0 Å². The maximum Gasteiger partial charge on any atom is 0.335 e. The first kappa shape index (κ1) is 14.5. The second kappa shape index (κ2) is 4.58. The third-order valence-electron chi connectivity index (χ3n) is 4.22. The van der Waals surface area contributed by atoms with Gasteiger partial charge in [0.15, 0.2) is 6.10 Å². The summed E-state index contributed by atoms with van der Waals surface area (Å²) in [5, 5.41) is 13.5. The normalized spacial score (nSPS) is 29.3. The number of rotatable bonds is 2. The first-order chi connectivity index (χ1) is 8.72. The molecule has 2 heterocycles. The summed E-state index contributed by atoms with van der Waals surface area (Å²) in [6, 6.07) is 0. The third-order valence-corrected chi connectivity index (χ3v) is 4.22. The molecule has 0 N–H and O–H groups in total. The molecule has 0 bridgehead atoms. The Labute approximate surface area is 114 Å². The summed E-state index contributed by atoms with van der Waals surface area (Å²) in [5.41, 5.74) is 0.871. The van der Waals surface area contributed by atoms with Crippen LogP contribution in [0, 0.1) is 0 Å². The van der Waals surface area contributed by atoms with Crippen molar-refractivity contribution >= 4 is 5.97 Å². The van der Waals surface area contributed by atoms with E-state index in [1.807, 2.05) is 27.7 Å². The minimum atomic E-state index is -0.590. The molecule has 19 heavy (non-hydrogen) atoms. The van der Waals surface area contributed by atoms with Gasteiger partial charge < -0.3 is 9.47 Å². The minimum absolute atomic E-state index is 0.327. The van der Waals surface area contributed by atoms with Crippen molar-refractivity contribution in [3.05, 3.63) is 11.1 Å². The van der Waals surface area contributed by atoms with E-state index in [4.69, 9.17) is 9.47 Å². The fourth-order valence-electron chi connectivity index (χ4n) is 3.13. The molecule has 0 amide bonds. The highest BCUT2D eigenvalue weighted by molar-refractivity contribution is 5.75. The van der Waals surface area contributed by atoms with Crippen LogP contribution in [0.1, 0.15) is 41.0 Å². The standard InChI is InChI=1S/C14H22NO4/c1-6-18-12(16)11-7-9-10(8-19-11)14(4,5)15(17)13(9,2)3/h11H,6-8H2,1-5H3. The highest BCUT2D eigenvalue weighted by atomic mass is 16.6. The summed E-state index contributed by atoms with van der Waals surface area (Å²) in [5.74, 6) is -0.341. The number of carbonyl (C=O) groups is 1. The molecule has 2 aliphatic heterocycles. The molecule has 0 spiro atoms. The van der Waals surface area contributed by atoms with E-state index in [9.17, 15) is 10.0 Å². The van der Waals surface area contributed by atoms with Gasteiger partial charge in [-0.1, -0.05) is 0 Å². The van der Waals surface area contributed by atoms with Gasteiger partial charge in [0.05, 0.1) is 24.3 Å². The predicted molar refractivity (Wildman–Crippen MR) is 68.7 cm³/mol. The highest BCUT2D eigenvalue weighted by Crippen LogP contribution is 2.48. The quantitative estimate of drug-likeness (QED) is 0.566. The Hall–Kier alpha value is -0.910. The van der Waals surface area contributed by atoms with Crippen LogP contribution < -0.4 is 0 Å². The summed E-state index contributed by atoms with van der Waals surface area (Å²) in [6.07, 6.45) is -0.135. The maximum absolute atomic E-state index is 12.4. The second-order valence-corrected chi connectivity index (χ2v) is 6.13. The average Bonchev–Trinajstić information content (AvgIpc) is 2.49. The molecule has 2 aliphatic rings. The molecule has 0 fully saturated rings. The lowest BCUT2D eigenvalue weighted by atomic mass is 9.85. The zero-order chi connectivity index (χ0) is 14.4. The van der Waals surface area contributed by atoms with Crippen LogP contribution in [0.15, 0.2) is 11.1 Å². The highest BCUT2D eigenvalue weighted by Gasteiger charge is 2.53. The summed E-state index contributed by atoms with van der Waals surface area (Å²) in [4.78, 5) is 11.8. The monoisotopic (exact) mass is 268 g/mol. The van der Waals surface area contributed by atoms with Gasteiger partial charge in [-0.15, -0.1) is 10.3 Å². The van der Waals surface area contributed by atoms with E-state index in [1.165, 1.54) is 0 Å². The molecule has 5 heteroatoms. The Morgan fingerprint density at radius 1 is 1.32 bits per heavy atom. The van der Waals surface area contributed by atoms with Gasteiger partial charge in [0, 0.05) is 6.42 Å². The van der Waals surface area contributed by atoms with Crippen LogP contribution in [-0.4, -0.2) is 41.4 Å². The zero-order valence-electron chi connectivity index (χ0n) is 12.3. The largest absolute Gasteiger partial charge is 0.464 e. The third kappa shape index (κ3) is 2.10. The lowest BCUT2D eigenvalue weighted by Gasteiger charge is -2.34. The van der Waals surface area contributed by atoms with E-state index in [1.54, 1.807) is 6.92 Å². The predicted octanol–water partition coefficient (Wildman–Crippen LogP) is 1.85. The molecule has 5 nitrogen and oxygen atoms in total. The first-order valence-corrected chi connectivity index (χ1v) is 6.71. The Morgan fingerprint density at radius 3 is 2.47 bits per heavy atom. The fourth-order valence-corrected chi connectivity index (χ4v) is 3.13. The molecule has 107 valence electrons. The van der Waals surface area contributed by atoms with Crippen molar-refractivity contribution in [3.63, 3.8) is 0 Å². The molecule has 0 aromatic heterocycles. The Bertz CT molecular complexity index is 425. The van der Waals surface area contributed by atoms with Gasteiger partial charge in [-0.25, -0.2) is 4.79 Å². The van der Waals surface area contributed by atoms with Gasteiger partial charge in [0.1, 0.15) is 0 Å². The zero-order valence-corrected chi connectivity index (χ0v) is 12.3. The molecular formula is C14H22NO4. The van der Waals surface area contributed by atoms with Crippen molar-refractivity contribution in [1.82, 2.24) is 5.06 Å². The van der Waals surface area contributed by atoms with Gasteiger partial charge >= 0.3 is 5.97 Å². The van der Waals surface area contributed by atoms with E-state index in [2.05, 4.69) is 0 Å². The van der Waals surface area contributed by atoms with Gasteiger partial charge in [0.2, 0.25) is 0 Å². The SMILES string of the molecule is CCOC(=O)C1CC2=C(CO1)C(C)(C)N([O])C2(C)C. The molecule has 0 aromatic rings. The van der Waals surface area contributed by atoms with Crippen LogP contribution >= 0.6 is 0 Å². The van der Waals surface area contributed by atoms with Crippen molar-refractivity contribution in [1.29, 1.82) is 0 Å². The van der Waals surface area contributed by atoms with Crippen molar-refractivity contribution < 1.29 is 19.5 Å². The van der Waals surface area contributed by atoms with Crippen molar-refractivity contribution in [2.24, 2.45) is 0 Å². The van der Waals surface area contributed by atoms with Crippen LogP contribution in [0.4, 0.5) is 0 Å². The molecule has 2 rings (SSSR count). The Balaban J connectivity index is 2.28. The van der Waals surface area contributed by atoms with Crippen LogP contribution in [0.2, 0.25) is 0 Å². The number of hydrogen-bond acceptors (Lipinski definition) is 4. The summed E-state index contributed by atoms with van der Waals surface area (Å²) in [6.45, 7) is 10.0. The van der Waals surface area contributed by atoms with E-state index in [0.717, 1.165) is 16.2 Å². The van der Waals surface area contributed by atoms with Crippen LogP contribution in [0.25, 0.3) is 0 Å². The number of nitrogens with zero attached hydrogens (tertiary/aromatic N) is 1. The lowest BCUT2D eigenvalue weighted by molar-refractivity contribution is -0.240. The molecule has 1 atom stereocenters. The molecule has 1 radical (unpaired) electrons. The number of ether oxygens (including phenoxy) is 2. The van der Waals surface area contributed by atoms with E-state index in [0.29, 0.717) is 19.6 Å². The number of carbonyl (C=O) groups excluding carboxylic acids is 1. The Morgan fingerprint density at radius 2 is 1.89 bits per heavy atom.